The number of aromatic nitrogens is 3. The number of rotatable bonds is 7. The third-order valence-corrected chi connectivity index (χ3v) is 11.7. The predicted octanol–water partition coefficient (Wildman–Crippen LogP) is 14.3. The van der Waals surface area contributed by atoms with Crippen LogP contribution in [0.1, 0.15) is 31.4 Å². The minimum absolute atomic E-state index is 0.891. The molecule has 0 fully saturated rings. The van der Waals surface area contributed by atoms with Crippen LogP contribution in [0.25, 0.3) is 77.3 Å². The maximum Gasteiger partial charge on any atom is 0.0709 e. The summed E-state index contributed by atoms with van der Waals surface area (Å²) < 4.78 is 2.42. The van der Waals surface area contributed by atoms with Crippen LogP contribution >= 0.6 is 0 Å². The lowest BCUT2D eigenvalue weighted by molar-refractivity contribution is 0.926. The molecule has 4 nitrogen and oxygen atoms in total. The largest absolute Gasteiger partial charge is 0.314 e. The van der Waals surface area contributed by atoms with Crippen molar-refractivity contribution < 1.29 is 0 Å². The Balaban J connectivity index is 0.962. The molecule has 0 atom stereocenters. The maximum absolute atomic E-state index is 5.02. The molecular formula is C54H40N4. The molecule has 0 saturated heterocycles. The van der Waals surface area contributed by atoms with Gasteiger partial charge < -0.3 is 9.47 Å². The molecule has 58 heavy (non-hydrogen) atoms. The molecule has 9 aromatic rings. The number of hydrogen-bond donors (Lipinski definition) is 0. The standard InChI is InChI=1S/C54H40N4/c1-2-12-43(13-3-1)58-53-17-9-6-14-47(53)48-36-42(26-35-54(48)58)37-18-27-44(28-19-37)57(45-29-20-40(21-30-45)51-33-24-38-10-4-7-15-49(38)55-51)46-31-22-41(23-32-46)52-34-25-39-11-5-8-16-50(39)56-52/h2,4-22,24-31,33-36H,1,3,23,32H2. The number of allylic oxidation sites excluding steroid dienone is 8. The molecule has 3 aromatic heterocycles. The molecular weight excluding hydrogens is 705 g/mol. The highest BCUT2D eigenvalue weighted by molar-refractivity contribution is 6.11. The lowest BCUT2D eigenvalue weighted by Crippen LogP contribution is -2.18. The van der Waals surface area contributed by atoms with Crippen LogP contribution in [0.5, 0.6) is 0 Å². The van der Waals surface area contributed by atoms with Gasteiger partial charge in [-0.2, -0.15) is 0 Å². The number of hydrogen-bond acceptors (Lipinski definition) is 3. The first-order valence-electron chi connectivity index (χ1n) is 20.3. The van der Waals surface area contributed by atoms with Crippen molar-refractivity contribution in [1.29, 1.82) is 0 Å². The molecule has 0 saturated carbocycles. The van der Waals surface area contributed by atoms with Crippen LogP contribution in [-0.2, 0) is 0 Å². The summed E-state index contributed by atoms with van der Waals surface area (Å²) in [5.41, 5.74) is 16.0. The molecule has 0 N–H and O–H groups in total. The zero-order chi connectivity index (χ0) is 38.4. The van der Waals surface area contributed by atoms with Gasteiger partial charge in [0, 0.05) is 49.9 Å². The summed E-state index contributed by atoms with van der Waals surface area (Å²) >= 11 is 0. The molecule has 11 rings (SSSR count). The van der Waals surface area contributed by atoms with E-state index in [1.165, 1.54) is 49.9 Å². The highest BCUT2D eigenvalue weighted by atomic mass is 15.1. The average molecular weight is 745 g/mol. The van der Waals surface area contributed by atoms with Gasteiger partial charge in [0.05, 0.1) is 33.5 Å². The summed E-state index contributed by atoms with van der Waals surface area (Å²) in [4.78, 5) is 12.4. The van der Waals surface area contributed by atoms with E-state index in [-0.39, 0.29) is 0 Å². The Labute approximate surface area is 338 Å². The third-order valence-electron chi connectivity index (χ3n) is 11.7. The van der Waals surface area contributed by atoms with Crippen LogP contribution in [0.4, 0.5) is 11.4 Å². The molecule has 4 heteroatoms. The van der Waals surface area contributed by atoms with E-state index in [1.807, 2.05) is 6.07 Å². The van der Waals surface area contributed by atoms with Crippen molar-refractivity contribution in [1.82, 2.24) is 14.5 Å². The molecule has 0 spiro atoms. The molecule has 0 unspecified atom stereocenters. The second kappa shape index (κ2) is 14.3. The quantitative estimate of drug-likeness (QED) is 0.163. The summed E-state index contributed by atoms with van der Waals surface area (Å²) in [7, 11) is 0. The van der Waals surface area contributed by atoms with Crippen molar-refractivity contribution in [3.05, 3.63) is 206 Å². The van der Waals surface area contributed by atoms with Crippen LogP contribution in [0.15, 0.2) is 200 Å². The number of benzene rings is 6. The second-order valence-corrected chi connectivity index (χ2v) is 15.3. The van der Waals surface area contributed by atoms with Crippen LogP contribution in [0, 0.1) is 0 Å². The van der Waals surface area contributed by atoms with Crippen molar-refractivity contribution in [2.24, 2.45) is 0 Å². The van der Waals surface area contributed by atoms with E-state index in [4.69, 9.17) is 9.97 Å². The fraction of sp³-hybridized carbons (Fsp3) is 0.0741. The van der Waals surface area contributed by atoms with Gasteiger partial charge >= 0.3 is 0 Å². The fourth-order valence-corrected chi connectivity index (χ4v) is 8.76. The van der Waals surface area contributed by atoms with Crippen LogP contribution in [0.3, 0.4) is 0 Å². The van der Waals surface area contributed by atoms with E-state index in [0.29, 0.717) is 0 Å². The minimum atomic E-state index is 0.891. The fourth-order valence-electron chi connectivity index (χ4n) is 8.76. The van der Waals surface area contributed by atoms with E-state index < -0.39 is 0 Å². The molecule has 276 valence electrons. The SMILES string of the molecule is C1=CC(n2c3ccccc3c3cc(-c4ccc(N(C5=CC=C(c6ccc7ccccc7n6)CC5)c5ccc(-c6ccc7ccccc7n6)cc5)cc4)ccc32)=CCC1. The normalized spacial score (nSPS) is 14.2. The van der Waals surface area contributed by atoms with E-state index in [9.17, 15) is 0 Å². The number of para-hydroxylation sites is 3. The van der Waals surface area contributed by atoms with Crippen LogP contribution in [-0.4, -0.2) is 14.5 Å². The summed E-state index contributed by atoms with van der Waals surface area (Å²) in [6.07, 6.45) is 15.4. The van der Waals surface area contributed by atoms with Gasteiger partial charge in [-0.15, -0.1) is 0 Å². The van der Waals surface area contributed by atoms with Crippen LogP contribution < -0.4 is 4.90 Å². The molecule has 2 aliphatic rings. The van der Waals surface area contributed by atoms with Gasteiger partial charge in [0.2, 0.25) is 0 Å². The lowest BCUT2D eigenvalue weighted by atomic mass is 9.97. The van der Waals surface area contributed by atoms with Gasteiger partial charge in [0.15, 0.2) is 0 Å². The Kier molecular flexibility index (Phi) is 8.40. The van der Waals surface area contributed by atoms with Gasteiger partial charge in [-0.3, -0.25) is 0 Å². The van der Waals surface area contributed by atoms with Crippen molar-refractivity contribution in [3.8, 4) is 22.4 Å². The highest BCUT2D eigenvalue weighted by Crippen LogP contribution is 2.40. The van der Waals surface area contributed by atoms with Gasteiger partial charge in [0.25, 0.3) is 0 Å². The number of pyridine rings is 2. The first-order chi connectivity index (χ1) is 28.7. The summed E-state index contributed by atoms with van der Waals surface area (Å²) in [6, 6.07) is 58.9. The number of anilines is 2. The van der Waals surface area contributed by atoms with Gasteiger partial charge in [-0.05, 0) is 121 Å². The molecule has 0 bridgehead atoms. The van der Waals surface area contributed by atoms with Crippen molar-refractivity contribution in [2.75, 3.05) is 4.90 Å². The maximum atomic E-state index is 5.02. The summed E-state index contributed by atoms with van der Waals surface area (Å²) in [5.74, 6) is 0. The van der Waals surface area contributed by atoms with E-state index in [2.05, 4.69) is 198 Å². The number of nitrogens with zero attached hydrogens (tertiary/aromatic N) is 4. The predicted molar refractivity (Wildman–Crippen MR) is 244 cm³/mol. The molecule has 0 amide bonds. The Morgan fingerprint density at radius 2 is 1.12 bits per heavy atom. The summed E-state index contributed by atoms with van der Waals surface area (Å²) in [5, 5.41) is 4.86. The van der Waals surface area contributed by atoms with Gasteiger partial charge in [-0.1, -0.05) is 115 Å². The smallest absolute Gasteiger partial charge is 0.0709 e. The molecule has 3 heterocycles. The zero-order valence-electron chi connectivity index (χ0n) is 32.1. The van der Waals surface area contributed by atoms with Gasteiger partial charge in [-0.25, -0.2) is 9.97 Å². The van der Waals surface area contributed by atoms with Crippen LogP contribution in [0.2, 0.25) is 0 Å². The molecule has 0 radical (unpaired) electrons. The second-order valence-electron chi connectivity index (χ2n) is 15.3. The van der Waals surface area contributed by atoms with E-state index in [0.717, 1.165) is 75.8 Å². The van der Waals surface area contributed by atoms with E-state index >= 15 is 0 Å². The third kappa shape index (κ3) is 6.11. The Bertz CT molecular complexity index is 3160. The van der Waals surface area contributed by atoms with Crippen molar-refractivity contribution >= 4 is 66.3 Å². The first-order valence-corrected chi connectivity index (χ1v) is 20.3. The number of fused-ring (bicyclic) bond motifs is 5. The minimum Gasteiger partial charge on any atom is -0.314 e. The molecule has 2 aliphatic carbocycles. The zero-order valence-corrected chi connectivity index (χ0v) is 32.1. The van der Waals surface area contributed by atoms with Crippen molar-refractivity contribution in [3.63, 3.8) is 0 Å². The monoisotopic (exact) mass is 744 g/mol. The Morgan fingerprint density at radius 1 is 0.483 bits per heavy atom. The Hall–Kier alpha value is -7.30. The van der Waals surface area contributed by atoms with Crippen molar-refractivity contribution in [2.45, 2.75) is 25.7 Å². The Morgan fingerprint density at radius 3 is 1.83 bits per heavy atom. The highest BCUT2D eigenvalue weighted by Gasteiger charge is 2.20. The summed E-state index contributed by atoms with van der Waals surface area (Å²) in [6.45, 7) is 0. The molecule has 6 aromatic carbocycles. The topological polar surface area (TPSA) is 34.0 Å². The molecule has 0 aliphatic heterocycles. The lowest BCUT2D eigenvalue weighted by Gasteiger charge is -2.30. The van der Waals surface area contributed by atoms with E-state index in [1.54, 1.807) is 0 Å². The average Bonchev–Trinajstić information content (AvgIpc) is 3.63. The van der Waals surface area contributed by atoms with Gasteiger partial charge in [0.1, 0.15) is 0 Å². The first kappa shape index (κ1) is 34.0.